The third kappa shape index (κ3) is 12.5. The molecule has 4 rings (SSSR count). The zero-order valence-corrected chi connectivity index (χ0v) is 38.0. The van der Waals surface area contributed by atoms with E-state index in [0.29, 0.717) is 19.5 Å². The van der Waals surface area contributed by atoms with Crippen molar-refractivity contribution in [2.45, 2.75) is 130 Å². The lowest BCUT2D eigenvalue weighted by Gasteiger charge is -2.41. The van der Waals surface area contributed by atoms with Gasteiger partial charge < -0.3 is 30.2 Å². The Balaban J connectivity index is 1.45. The van der Waals surface area contributed by atoms with Gasteiger partial charge in [0.2, 0.25) is 23.6 Å². The summed E-state index contributed by atoms with van der Waals surface area (Å²) in [6, 6.07) is 8.00. The van der Waals surface area contributed by atoms with E-state index in [4.69, 9.17) is 4.74 Å². The summed E-state index contributed by atoms with van der Waals surface area (Å²) in [6.07, 6.45) is 7.88. The van der Waals surface area contributed by atoms with Crippen molar-refractivity contribution in [3.63, 3.8) is 0 Å². The quantitative estimate of drug-likeness (QED) is 0.110. The van der Waals surface area contributed by atoms with Crippen LogP contribution in [0.25, 0.3) is 0 Å². The van der Waals surface area contributed by atoms with E-state index in [1.54, 1.807) is 37.6 Å². The number of hydrogen-bond donors (Lipinski definition) is 3. The van der Waals surface area contributed by atoms with Gasteiger partial charge in [-0.05, 0) is 55.5 Å². The molecule has 1 aliphatic heterocycles. The van der Waals surface area contributed by atoms with Crippen LogP contribution < -0.4 is 10.6 Å². The van der Waals surface area contributed by atoms with Crippen LogP contribution in [0.2, 0.25) is 0 Å². The van der Waals surface area contributed by atoms with Gasteiger partial charge in [0.1, 0.15) is 16.9 Å². The molecule has 1 unspecified atom stereocenters. The van der Waals surface area contributed by atoms with E-state index in [-0.39, 0.29) is 71.8 Å². The Bertz CT molecular complexity index is 1740. The van der Waals surface area contributed by atoms with Crippen LogP contribution in [-0.2, 0) is 36.9 Å². The molecule has 1 aliphatic rings. The van der Waals surface area contributed by atoms with E-state index in [1.165, 1.54) is 11.3 Å². The van der Waals surface area contributed by atoms with E-state index in [2.05, 4.69) is 39.4 Å². The largest absolute Gasteiger partial charge is 0.378 e. The van der Waals surface area contributed by atoms with Crippen molar-refractivity contribution in [2.24, 2.45) is 29.6 Å². The number of carbonyl (C=O) groups excluding carboxylic acids is 4. The van der Waals surface area contributed by atoms with Crippen molar-refractivity contribution in [3.8, 4) is 0 Å². The highest BCUT2D eigenvalue weighted by molar-refractivity contribution is 7.09. The number of carbonyl (C=O) groups is 4. The second kappa shape index (κ2) is 22.5. The molecule has 0 saturated carbocycles. The maximum absolute atomic E-state index is 14.4. The van der Waals surface area contributed by atoms with Gasteiger partial charge in [-0.1, -0.05) is 92.1 Å². The number of nitrogens with one attached hydrogen (secondary N) is 3. The number of benzene rings is 1. The van der Waals surface area contributed by atoms with Gasteiger partial charge in [-0.3, -0.25) is 24.1 Å². The van der Waals surface area contributed by atoms with Crippen molar-refractivity contribution in [2.75, 3.05) is 27.7 Å². The molecule has 1 saturated heterocycles. The maximum Gasteiger partial charge on any atom is 0.245 e. The Kier molecular flexibility index (Phi) is 18.1. The summed E-state index contributed by atoms with van der Waals surface area (Å²) >= 11 is 1.51. The van der Waals surface area contributed by atoms with E-state index >= 15 is 0 Å². The summed E-state index contributed by atoms with van der Waals surface area (Å²) in [7, 11) is 5.32. The minimum absolute atomic E-state index is 0.0124. The van der Waals surface area contributed by atoms with Gasteiger partial charge in [-0.25, -0.2) is 9.97 Å². The summed E-state index contributed by atoms with van der Waals surface area (Å²) < 4.78 is 6.06. The fourth-order valence-corrected chi connectivity index (χ4v) is 9.66. The molecule has 3 heterocycles. The standard InChI is InChI=1S/C45H70N8O5S/c1-12-30(6)40(52(10)45(57)38(28(2)3)50-43(56)39(29(4)5)51(9)27-36-46-20-21-47-36)31(7)25-37(54)53-23-16-19-35(53)41(58-11)32(8)42(55)49-34(44-48-22-24-59-44)26-33-17-14-13-15-18-33/h13-15,17-18,20-22,24,28-32,34-35,38-41H,12,16,19,23,25-27H2,1-11H3,(H,46,47)(H,49,55)(H,50,56)/t30-,31+,32+,34-,35?,38-,39-,40-,41+/m0/s1. The number of thiazole rings is 1. The van der Waals surface area contributed by atoms with Crippen molar-refractivity contribution in [1.82, 2.24) is 40.3 Å². The molecule has 0 bridgehead atoms. The average Bonchev–Trinajstić information content (AvgIpc) is 4.01. The molecule has 14 heteroatoms. The van der Waals surface area contributed by atoms with E-state index < -0.39 is 24.1 Å². The van der Waals surface area contributed by atoms with Gasteiger partial charge >= 0.3 is 0 Å². The molecule has 3 N–H and O–H groups in total. The number of likely N-dealkylation sites (N-methyl/N-ethyl adjacent to an activating group) is 2. The molecule has 0 spiro atoms. The fraction of sp³-hybridized carbons (Fsp3) is 0.644. The number of amides is 4. The zero-order valence-electron chi connectivity index (χ0n) is 37.2. The normalized spacial score (nSPS) is 18.5. The van der Waals surface area contributed by atoms with Crippen molar-refractivity contribution in [3.05, 3.63) is 70.7 Å². The summed E-state index contributed by atoms with van der Waals surface area (Å²) in [5, 5.41) is 9.12. The Morgan fingerprint density at radius 3 is 2.24 bits per heavy atom. The first kappa shape index (κ1) is 47.5. The molecule has 59 heavy (non-hydrogen) atoms. The number of methoxy groups -OCH3 is 1. The number of imidazole rings is 1. The van der Waals surface area contributed by atoms with Crippen LogP contribution in [0.3, 0.4) is 0 Å². The second-order valence-corrected chi connectivity index (χ2v) is 18.2. The van der Waals surface area contributed by atoms with Crippen molar-refractivity contribution in [1.29, 1.82) is 0 Å². The fourth-order valence-electron chi connectivity index (χ4n) is 8.98. The minimum atomic E-state index is -0.749. The zero-order chi connectivity index (χ0) is 43.4. The molecular formula is C45H70N8O5S. The minimum Gasteiger partial charge on any atom is -0.378 e. The molecular weight excluding hydrogens is 765 g/mol. The summed E-state index contributed by atoms with van der Waals surface area (Å²) in [5.41, 5.74) is 1.10. The number of ether oxygens (including phenoxy) is 1. The average molecular weight is 835 g/mol. The van der Waals surface area contributed by atoms with E-state index in [0.717, 1.165) is 35.7 Å². The Morgan fingerprint density at radius 2 is 1.66 bits per heavy atom. The van der Waals surface area contributed by atoms with Crippen LogP contribution in [0.1, 0.15) is 104 Å². The summed E-state index contributed by atoms with van der Waals surface area (Å²) in [4.78, 5) is 74.2. The highest BCUT2D eigenvalue weighted by Gasteiger charge is 2.42. The molecule has 0 aliphatic carbocycles. The lowest BCUT2D eigenvalue weighted by molar-refractivity contribution is -0.144. The number of H-pyrrole nitrogens is 1. The molecule has 3 aromatic rings. The van der Waals surface area contributed by atoms with Crippen molar-refractivity contribution < 1.29 is 23.9 Å². The van der Waals surface area contributed by atoms with Crippen molar-refractivity contribution >= 4 is 35.0 Å². The third-order valence-electron chi connectivity index (χ3n) is 12.2. The smallest absolute Gasteiger partial charge is 0.245 e. The second-order valence-electron chi connectivity index (χ2n) is 17.3. The van der Waals surface area contributed by atoms with Gasteiger partial charge in [-0.15, -0.1) is 11.3 Å². The molecule has 1 aromatic carbocycles. The first-order valence-corrected chi connectivity index (χ1v) is 22.3. The SMILES string of the molecule is CC[C@H](C)[C@@H]([C@H](C)CC(=O)N1CCCC1[C@H](OC)[C@@H](C)C(=O)N[C@@H](Cc1ccccc1)c1nccs1)N(C)C(=O)[C@@H](NC(=O)[C@H](C(C)C)N(C)Cc1ncc[nH]1)C(C)C. The number of aromatic amines is 1. The van der Waals surface area contributed by atoms with E-state index in [9.17, 15) is 19.2 Å². The van der Waals surface area contributed by atoms with Gasteiger partial charge in [0.25, 0.3) is 0 Å². The maximum atomic E-state index is 14.4. The first-order valence-electron chi connectivity index (χ1n) is 21.4. The molecule has 9 atom stereocenters. The highest BCUT2D eigenvalue weighted by Crippen LogP contribution is 2.31. The summed E-state index contributed by atoms with van der Waals surface area (Å²) in [5.74, 6) is -0.586. The first-order chi connectivity index (χ1) is 28.1. The van der Waals surface area contributed by atoms with E-state index in [1.807, 2.05) is 94.1 Å². The number of aromatic nitrogens is 3. The molecule has 1 fully saturated rings. The van der Waals surface area contributed by atoms with Crippen LogP contribution in [0.15, 0.2) is 54.3 Å². The molecule has 4 amide bonds. The number of nitrogens with zero attached hydrogens (tertiary/aromatic N) is 5. The summed E-state index contributed by atoms with van der Waals surface area (Å²) in [6.45, 7) is 17.1. The Morgan fingerprint density at radius 1 is 0.949 bits per heavy atom. The van der Waals surface area contributed by atoms with Gasteiger partial charge in [0.15, 0.2) is 0 Å². The number of rotatable bonds is 22. The topological polar surface area (TPSA) is 153 Å². The van der Waals surface area contributed by atoms with Gasteiger partial charge in [0, 0.05) is 57.1 Å². The van der Waals surface area contributed by atoms with Gasteiger partial charge in [-0.2, -0.15) is 0 Å². The van der Waals surface area contributed by atoms with Gasteiger partial charge in [0.05, 0.1) is 36.7 Å². The number of likely N-dealkylation sites (tertiary alicyclic amines) is 1. The molecule has 326 valence electrons. The monoisotopic (exact) mass is 835 g/mol. The van der Waals surface area contributed by atoms with Crippen LogP contribution >= 0.6 is 11.3 Å². The Hall–Kier alpha value is -4.14. The third-order valence-corrected chi connectivity index (χ3v) is 13.1. The highest BCUT2D eigenvalue weighted by atomic mass is 32.1. The molecule has 0 radical (unpaired) electrons. The number of hydrogen-bond acceptors (Lipinski definition) is 9. The van der Waals surface area contributed by atoms with Crippen LogP contribution in [-0.4, -0.2) is 111 Å². The lowest BCUT2D eigenvalue weighted by atomic mass is 9.84. The molecule has 2 aromatic heterocycles. The van der Waals surface area contributed by atoms with Crippen LogP contribution in [0, 0.1) is 29.6 Å². The lowest BCUT2D eigenvalue weighted by Crippen LogP contribution is -2.58. The predicted octanol–water partition coefficient (Wildman–Crippen LogP) is 6.11. The Labute approximate surface area is 356 Å². The predicted molar refractivity (Wildman–Crippen MR) is 233 cm³/mol. The van der Waals surface area contributed by atoms with Crippen LogP contribution in [0.5, 0.6) is 0 Å². The molecule has 13 nitrogen and oxygen atoms in total. The van der Waals surface area contributed by atoms with Crippen LogP contribution in [0.4, 0.5) is 0 Å².